The number of hydrogen-bond donors (Lipinski definition) is 0. The highest BCUT2D eigenvalue weighted by Gasteiger charge is 2.07. The fourth-order valence-electron chi connectivity index (χ4n) is 3.07. The van der Waals surface area contributed by atoms with Crippen LogP contribution in [0.4, 0.5) is 5.69 Å². The van der Waals surface area contributed by atoms with E-state index < -0.39 is 0 Å². The topological polar surface area (TPSA) is 25.2 Å². The van der Waals surface area contributed by atoms with Crippen molar-refractivity contribution in [1.82, 2.24) is 4.98 Å². The standard InChI is InChI=1S/C21H22N2/c1-13-11-15(3)20(16(4)12-13)22-17(5)19-10-9-18-8-6-7-14(2)21(18)23-19/h6-12H,1-5H3. The molecule has 0 spiro atoms. The predicted octanol–water partition coefficient (Wildman–Crippen LogP) is 5.61. The van der Waals surface area contributed by atoms with Gasteiger partial charge in [-0.3, -0.25) is 4.99 Å². The molecule has 0 saturated carbocycles. The minimum absolute atomic E-state index is 0.936. The summed E-state index contributed by atoms with van der Waals surface area (Å²) in [5, 5.41) is 1.17. The van der Waals surface area contributed by atoms with Crippen LogP contribution < -0.4 is 0 Å². The first-order valence-corrected chi connectivity index (χ1v) is 7.95. The van der Waals surface area contributed by atoms with Gasteiger partial charge in [0.1, 0.15) is 0 Å². The van der Waals surface area contributed by atoms with Crippen LogP contribution in [0.1, 0.15) is 34.9 Å². The number of benzene rings is 2. The normalized spacial score (nSPS) is 12.0. The zero-order valence-corrected chi connectivity index (χ0v) is 14.4. The zero-order valence-electron chi connectivity index (χ0n) is 14.4. The van der Waals surface area contributed by atoms with Gasteiger partial charge in [-0.25, -0.2) is 4.98 Å². The van der Waals surface area contributed by atoms with E-state index in [0.29, 0.717) is 0 Å². The summed E-state index contributed by atoms with van der Waals surface area (Å²) < 4.78 is 0. The summed E-state index contributed by atoms with van der Waals surface area (Å²) in [4.78, 5) is 9.68. The molecule has 116 valence electrons. The number of para-hydroxylation sites is 1. The maximum absolute atomic E-state index is 4.86. The molecule has 0 aliphatic carbocycles. The van der Waals surface area contributed by atoms with Crippen LogP contribution >= 0.6 is 0 Å². The van der Waals surface area contributed by atoms with E-state index in [1.54, 1.807) is 0 Å². The SMILES string of the molecule is CC(=Nc1c(C)cc(C)cc1C)c1ccc2cccc(C)c2n1. The number of rotatable bonds is 2. The number of aryl methyl sites for hydroxylation is 4. The van der Waals surface area contributed by atoms with E-state index in [1.807, 2.05) is 6.92 Å². The van der Waals surface area contributed by atoms with Crippen molar-refractivity contribution in [2.24, 2.45) is 4.99 Å². The highest BCUT2D eigenvalue weighted by atomic mass is 14.8. The number of fused-ring (bicyclic) bond motifs is 1. The second-order valence-electron chi connectivity index (χ2n) is 6.29. The molecule has 1 aromatic heterocycles. The molecular weight excluding hydrogens is 280 g/mol. The summed E-state index contributed by atoms with van der Waals surface area (Å²) in [5.74, 6) is 0. The summed E-state index contributed by atoms with van der Waals surface area (Å²) in [7, 11) is 0. The van der Waals surface area contributed by atoms with Gasteiger partial charge in [0.05, 0.1) is 22.6 Å². The summed E-state index contributed by atoms with van der Waals surface area (Å²) in [6.07, 6.45) is 0. The lowest BCUT2D eigenvalue weighted by molar-refractivity contribution is 1.27. The Morgan fingerprint density at radius 2 is 1.57 bits per heavy atom. The Morgan fingerprint density at radius 1 is 0.870 bits per heavy atom. The molecule has 0 aliphatic heterocycles. The van der Waals surface area contributed by atoms with Gasteiger partial charge >= 0.3 is 0 Å². The number of aromatic nitrogens is 1. The molecular formula is C21H22N2. The smallest absolute Gasteiger partial charge is 0.0849 e. The van der Waals surface area contributed by atoms with E-state index in [9.17, 15) is 0 Å². The lowest BCUT2D eigenvalue weighted by atomic mass is 10.1. The van der Waals surface area contributed by atoms with Crippen molar-refractivity contribution in [3.05, 3.63) is 70.4 Å². The number of hydrogen-bond acceptors (Lipinski definition) is 2. The van der Waals surface area contributed by atoms with Gasteiger partial charge in [0.15, 0.2) is 0 Å². The van der Waals surface area contributed by atoms with E-state index in [4.69, 9.17) is 9.98 Å². The largest absolute Gasteiger partial charge is 0.251 e. The molecule has 2 nitrogen and oxygen atoms in total. The minimum atomic E-state index is 0.936. The van der Waals surface area contributed by atoms with Gasteiger partial charge in [0.25, 0.3) is 0 Å². The monoisotopic (exact) mass is 302 g/mol. The molecule has 2 aromatic carbocycles. The van der Waals surface area contributed by atoms with E-state index in [-0.39, 0.29) is 0 Å². The molecule has 0 aliphatic rings. The van der Waals surface area contributed by atoms with Crippen LogP contribution in [0.5, 0.6) is 0 Å². The van der Waals surface area contributed by atoms with Crippen molar-refractivity contribution >= 4 is 22.3 Å². The van der Waals surface area contributed by atoms with Gasteiger partial charge in [-0.1, -0.05) is 42.0 Å². The Balaban J connectivity index is 2.10. The summed E-state index contributed by atoms with van der Waals surface area (Å²) in [5.41, 5.74) is 8.88. The summed E-state index contributed by atoms with van der Waals surface area (Å²) in [6.45, 7) is 10.5. The van der Waals surface area contributed by atoms with Crippen LogP contribution in [0.3, 0.4) is 0 Å². The van der Waals surface area contributed by atoms with Crippen LogP contribution in [0.25, 0.3) is 10.9 Å². The van der Waals surface area contributed by atoms with Crippen molar-refractivity contribution in [2.75, 3.05) is 0 Å². The molecule has 2 heteroatoms. The first-order chi connectivity index (χ1) is 11.0. The molecule has 3 rings (SSSR count). The first-order valence-electron chi connectivity index (χ1n) is 7.95. The third-order valence-electron chi connectivity index (χ3n) is 4.21. The summed E-state index contributed by atoms with van der Waals surface area (Å²) >= 11 is 0. The van der Waals surface area contributed by atoms with E-state index in [0.717, 1.165) is 22.6 Å². The van der Waals surface area contributed by atoms with E-state index >= 15 is 0 Å². The van der Waals surface area contributed by atoms with Crippen LogP contribution in [0.15, 0.2) is 47.5 Å². The molecule has 1 heterocycles. The average molecular weight is 302 g/mol. The Labute approximate surface area is 137 Å². The quantitative estimate of drug-likeness (QED) is 0.565. The van der Waals surface area contributed by atoms with Gasteiger partial charge in [0, 0.05) is 5.39 Å². The molecule has 3 aromatic rings. The summed E-state index contributed by atoms with van der Waals surface area (Å²) in [6, 6.07) is 14.8. The predicted molar refractivity (Wildman–Crippen MR) is 99.0 cm³/mol. The van der Waals surface area contributed by atoms with Crippen LogP contribution in [0, 0.1) is 27.7 Å². The van der Waals surface area contributed by atoms with Crippen LogP contribution in [-0.2, 0) is 0 Å². The van der Waals surface area contributed by atoms with E-state index in [2.05, 4.69) is 70.2 Å². The third-order valence-corrected chi connectivity index (χ3v) is 4.21. The van der Waals surface area contributed by atoms with Crippen molar-refractivity contribution in [1.29, 1.82) is 0 Å². The molecule has 0 amide bonds. The van der Waals surface area contributed by atoms with Crippen molar-refractivity contribution in [3.63, 3.8) is 0 Å². The number of pyridine rings is 1. The lowest BCUT2D eigenvalue weighted by Crippen LogP contribution is -2.00. The van der Waals surface area contributed by atoms with Crippen molar-refractivity contribution in [3.8, 4) is 0 Å². The second-order valence-corrected chi connectivity index (χ2v) is 6.29. The van der Waals surface area contributed by atoms with Gasteiger partial charge in [-0.2, -0.15) is 0 Å². The first kappa shape index (κ1) is 15.4. The molecule has 23 heavy (non-hydrogen) atoms. The molecule has 0 saturated heterocycles. The molecule has 0 atom stereocenters. The second kappa shape index (κ2) is 5.96. The minimum Gasteiger partial charge on any atom is -0.251 e. The molecule has 0 radical (unpaired) electrons. The van der Waals surface area contributed by atoms with E-state index in [1.165, 1.54) is 27.6 Å². The molecule has 0 bridgehead atoms. The van der Waals surface area contributed by atoms with Gasteiger partial charge in [-0.15, -0.1) is 0 Å². The fraction of sp³-hybridized carbons (Fsp3) is 0.238. The third kappa shape index (κ3) is 3.02. The van der Waals surface area contributed by atoms with Crippen LogP contribution in [-0.4, -0.2) is 10.7 Å². The zero-order chi connectivity index (χ0) is 16.6. The number of aliphatic imine (C=N–C) groups is 1. The highest BCUT2D eigenvalue weighted by Crippen LogP contribution is 2.26. The van der Waals surface area contributed by atoms with Gasteiger partial charge < -0.3 is 0 Å². The average Bonchev–Trinajstić information content (AvgIpc) is 2.50. The Kier molecular flexibility index (Phi) is 3.99. The molecule has 0 N–H and O–H groups in total. The van der Waals surface area contributed by atoms with Crippen molar-refractivity contribution < 1.29 is 0 Å². The Bertz CT molecular complexity index is 897. The van der Waals surface area contributed by atoms with Crippen LogP contribution in [0.2, 0.25) is 0 Å². The molecule has 0 fully saturated rings. The maximum Gasteiger partial charge on any atom is 0.0849 e. The Hall–Kier alpha value is -2.48. The number of nitrogens with zero attached hydrogens (tertiary/aromatic N) is 2. The van der Waals surface area contributed by atoms with Gasteiger partial charge in [-0.05, 0) is 57.4 Å². The van der Waals surface area contributed by atoms with Crippen molar-refractivity contribution in [2.45, 2.75) is 34.6 Å². The molecule has 0 unspecified atom stereocenters. The fourth-order valence-corrected chi connectivity index (χ4v) is 3.07. The maximum atomic E-state index is 4.86. The lowest BCUT2D eigenvalue weighted by Gasteiger charge is -2.09. The Morgan fingerprint density at radius 3 is 2.26 bits per heavy atom. The highest BCUT2D eigenvalue weighted by molar-refractivity contribution is 6.00. The van der Waals surface area contributed by atoms with Gasteiger partial charge in [0.2, 0.25) is 0 Å².